The standard InChI is InChI=1S/C25H25N3O6/c1-11-6-12(2)20-15(7-11)25(24(32)26-20)19-18(21(27-25)13(3)29)22(30)28(23(19)31)9-14-4-5-16-17(8-14)34-10-33-16/h4-8,13,18-19,21,27,29H,9-10H2,1-3H3,(H,26,32)/t13-,18-,19-,21-,25-/m0/s1. The van der Waals surface area contributed by atoms with E-state index in [-0.39, 0.29) is 19.2 Å². The Labute approximate surface area is 196 Å². The SMILES string of the molecule is Cc1cc(C)c2c(c1)[C@@]1(N[C@@H]([C@H](C)O)[C@H]3C(=O)N(Cc4ccc5c(c4)OCO5)C(=O)[C@H]31)C(=O)N2. The van der Waals surface area contributed by atoms with E-state index in [0.717, 1.165) is 11.1 Å². The van der Waals surface area contributed by atoms with Crippen LogP contribution in [0.5, 0.6) is 11.5 Å². The molecule has 9 heteroatoms. The maximum Gasteiger partial charge on any atom is 0.250 e. The molecule has 6 rings (SSSR count). The predicted molar refractivity (Wildman–Crippen MR) is 120 cm³/mol. The van der Waals surface area contributed by atoms with E-state index in [4.69, 9.17) is 9.47 Å². The molecule has 0 radical (unpaired) electrons. The molecule has 2 saturated heterocycles. The van der Waals surface area contributed by atoms with Crippen LogP contribution in [0.2, 0.25) is 0 Å². The number of benzene rings is 2. The fraction of sp³-hybridized carbons (Fsp3) is 0.400. The first-order valence-corrected chi connectivity index (χ1v) is 11.3. The van der Waals surface area contributed by atoms with Crippen molar-refractivity contribution < 1.29 is 29.0 Å². The van der Waals surface area contributed by atoms with E-state index in [1.54, 1.807) is 25.1 Å². The van der Waals surface area contributed by atoms with Crippen molar-refractivity contribution in [3.8, 4) is 11.5 Å². The number of likely N-dealkylation sites (tertiary alicyclic amines) is 1. The molecule has 0 saturated carbocycles. The van der Waals surface area contributed by atoms with E-state index in [2.05, 4.69) is 10.6 Å². The third kappa shape index (κ3) is 2.65. The molecule has 4 aliphatic rings. The van der Waals surface area contributed by atoms with Crippen molar-refractivity contribution in [1.82, 2.24) is 10.2 Å². The summed E-state index contributed by atoms with van der Waals surface area (Å²) in [6.45, 7) is 5.57. The van der Waals surface area contributed by atoms with E-state index < -0.39 is 41.3 Å². The molecule has 0 aromatic heterocycles. The Bertz CT molecular complexity index is 1270. The fourth-order valence-electron chi connectivity index (χ4n) is 6.04. The van der Waals surface area contributed by atoms with E-state index in [9.17, 15) is 19.5 Å². The van der Waals surface area contributed by atoms with Crippen molar-refractivity contribution in [2.45, 2.75) is 45.0 Å². The van der Waals surface area contributed by atoms with Gasteiger partial charge in [0, 0.05) is 17.3 Å². The van der Waals surface area contributed by atoms with Crippen molar-refractivity contribution in [2.75, 3.05) is 12.1 Å². The van der Waals surface area contributed by atoms with E-state index in [1.165, 1.54) is 4.90 Å². The number of imide groups is 1. The zero-order chi connectivity index (χ0) is 23.9. The van der Waals surface area contributed by atoms with Gasteiger partial charge in [-0.2, -0.15) is 0 Å². The fourth-order valence-corrected chi connectivity index (χ4v) is 6.04. The molecule has 34 heavy (non-hydrogen) atoms. The van der Waals surface area contributed by atoms with Crippen LogP contribution in [0.4, 0.5) is 5.69 Å². The number of carbonyl (C=O) groups excluding carboxylic acids is 3. The van der Waals surface area contributed by atoms with Crippen molar-refractivity contribution in [3.05, 3.63) is 52.6 Å². The molecule has 4 heterocycles. The Balaban J connectivity index is 1.44. The van der Waals surface area contributed by atoms with Gasteiger partial charge in [-0.25, -0.2) is 0 Å². The largest absolute Gasteiger partial charge is 0.454 e. The molecule has 3 amide bonds. The zero-order valence-electron chi connectivity index (χ0n) is 19.0. The van der Waals surface area contributed by atoms with E-state index in [1.807, 2.05) is 26.0 Å². The van der Waals surface area contributed by atoms with Crippen molar-refractivity contribution >= 4 is 23.4 Å². The van der Waals surface area contributed by atoms with Gasteiger partial charge in [-0.3, -0.25) is 24.6 Å². The lowest BCUT2D eigenvalue weighted by atomic mass is 9.75. The molecule has 5 atom stereocenters. The molecule has 4 aliphatic heterocycles. The van der Waals surface area contributed by atoms with Crippen LogP contribution in [0.15, 0.2) is 30.3 Å². The smallest absolute Gasteiger partial charge is 0.250 e. The van der Waals surface area contributed by atoms with Gasteiger partial charge in [-0.05, 0) is 44.0 Å². The minimum atomic E-state index is -1.42. The maximum atomic E-state index is 13.8. The van der Waals surface area contributed by atoms with Gasteiger partial charge in [0.25, 0.3) is 0 Å². The van der Waals surface area contributed by atoms with Crippen LogP contribution in [0.3, 0.4) is 0 Å². The van der Waals surface area contributed by atoms with Gasteiger partial charge in [0.15, 0.2) is 11.5 Å². The number of amides is 3. The first kappa shape index (κ1) is 21.1. The van der Waals surface area contributed by atoms with Gasteiger partial charge >= 0.3 is 0 Å². The van der Waals surface area contributed by atoms with Gasteiger partial charge in [-0.15, -0.1) is 0 Å². The summed E-state index contributed by atoms with van der Waals surface area (Å²) in [5.41, 5.74) is 2.42. The lowest BCUT2D eigenvalue weighted by Crippen LogP contribution is -2.54. The quantitative estimate of drug-likeness (QED) is 0.588. The van der Waals surface area contributed by atoms with Crippen LogP contribution in [-0.2, 0) is 26.5 Å². The third-order valence-corrected chi connectivity index (χ3v) is 7.49. The first-order chi connectivity index (χ1) is 16.2. The highest BCUT2D eigenvalue weighted by Crippen LogP contribution is 2.54. The van der Waals surface area contributed by atoms with Crippen LogP contribution in [-0.4, -0.2) is 46.7 Å². The summed E-state index contributed by atoms with van der Waals surface area (Å²) < 4.78 is 10.8. The monoisotopic (exact) mass is 463 g/mol. The number of aliphatic hydroxyl groups is 1. The van der Waals surface area contributed by atoms with Crippen LogP contribution in [0.25, 0.3) is 0 Å². The van der Waals surface area contributed by atoms with Gasteiger partial charge < -0.3 is 19.9 Å². The Morgan fingerprint density at radius 2 is 1.88 bits per heavy atom. The average Bonchev–Trinajstić information content (AvgIpc) is 3.51. The van der Waals surface area contributed by atoms with Crippen molar-refractivity contribution in [1.29, 1.82) is 0 Å². The number of rotatable bonds is 3. The highest BCUT2D eigenvalue weighted by molar-refractivity contribution is 6.15. The third-order valence-electron chi connectivity index (χ3n) is 7.49. The minimum absolute atomic E-state index is 0.0469. The Morgan fingerprint density at radius 3 is 2.65 bits per heavy atom. The topological polar surface area (TPSA) is 117 Å². The molecule has 1 spiro atoms. The molecule has 0 unspecified atom stereocenters. The van der Waals surface area contributed by atoms with E-state index in [0.29, 0.717) is 28.3 Å². The molecule has 0 bridgehead atoms. The van der Waals surface area contributed by atoms with Gasteiger partial charge in [-0.1, -0.05) is 23.8 Å². The lowest BCUT2D eigenvalue weighted by Gasteiger charge is -2.30. The highest BCUT2D eigenvalue weighted by Gasteiger charge is 2.71. The van der Waals surface area contributed by atoms with Gasteiger partial charge in [0.2, 0.25) is 24.5 Å². The number of aryl methyl sites for hydroxylation is 2. The summed E-state index contributed by atoms with van der Waals surface area (Å²) in [5, 5.41) is 16.7. The zero-order valence-corrected chi connectivity index (χ0v) is 19.0. The molecule has 0 aliphatic carbocycles. The summed E-state index contributed by atoms with van der Waals surface area (Å²) in [5.74, 6) is -1.84. The molecule has 2 fully saturated rings. The number of nitrogens with one attached hydrogen (secondary N) is 2. The van der Waals surface area contributed by atoms with Crippen LogP contribution in [0.1, 0.15) is 29.2 Å². The van der Waals surface area contributed by atoms with Gasteiger partial charge in [0.1, 0.15) is 5.54 Å². The normalized spacial score (nSPS) is 29.6. The number of nitrogens with zero attached hydrogens (tertiary/aromatic N) is 1. The predicted octanol–water partition coefficient (Wildman–Crippen LogP) is 1.33. The number of hydrogen-bond donors (Lipinski definition) is 3. The Kier molecular flexibility index (Phi) is 4.37. The first-order valence-electron chi connectivity index (χ1n) is 11.3. The summed E-state index contributed by atoms with van der Waals surface area (Å²) in [4.78, 5) is 42.2. The molecular weight excluding hydrogens is 438 g/mol. The number of fused-ring (bicyclic) bond motifs is 5. The van der Waals surface area contributed by atoms with Crippen molar-refractivity contribution in [2.24, 2.45) is 11.8 Å². The summed E-state index contributed by atoms with van der Waals surface area (Å²) in [7, 11) is 0. The summed E-state index contributed by atoms with van der Waals surface area (Å²) >= 11 is 0. The molecule has 2 aromatic carbocycles. The lowest BCUT2D eigenvalue weighted by molar-refractivity contribution is -0.143. The second-order valence-corrected chi connectivity index (χ2v) is 9.63. The van der Waals surface area contributed by atoms with Crippen LogP contribution < -0.4 is 20.1 Å². The number of carbonyl (C=O) groups is 3. The molecule has 176 valence electrons. The minimum Gasteiger partial charge on any atom is -0.454 e. The Morgan fingerprint density at radius 1 is 1.12 bits per heavy atom. The average molecular weight is 463 g/mol. The number of anilines is 1. The number of aliphatic hydroxyl groups excluding tert-OH is 1. The van der Waals surface area contributed by atoms with Crippen molar-refractivity contribution in [3.63, 3.8) is 0 Å². The molecule has 3 N–H and O–H groups in total. The summed E-state index contributed by atoms with van der Waals surface area (Å²) in [6.07, 6.45) is -0.947. The summed E-state index contributed by atoms with van der Waals surface area (Å²) in [6, 6.07) is 8.38. The molecule has 9 nitrogen and oxygen atoms in total. The second kappa shape index (κ2) is 7.04. The molecular formula is C25H25N3O6. The van der Waals surface area contributed by atoms with Crippen LogP contribution in [0, 0.1) is 25.7 Å². The molecule has 2 aromatic rings. The second-order valence-electron chi connectivity index (χ2n) is 9.63. The van der Waals surface area contributed by atoms with E-state index >= 15 is 0 Å². The number of hydrogen-bond acceptors (Lipinski definition) is 7. The Hall–Kier alpha value is -3.43. The highest BCUT2D eigenvalue weighted by atomic mass is 16.7. The van der Waals surface area contributed by atoms with Crippen LogP contribution >= 0.6 is 0 Å². The number of ether oxygens (including phenoxy) is 2. The maximum absolute atomic E-state index is 13.8. The van der Waals surface area contributed by atoms with Gasteiger partial charge in [0.05, 0.1) is 24.5 Å².